The smallest absolute Gasteiger partial charge is 0.189 e. The highest BCUT2D eigenvalue weighted by Crippen LogP contribution is 2.25. The predicted molar refractivity (Wildman–Crippen MR) is 101 cm³/mol. The quantitative estimate of drug-likeness (QED) is 0.314. The van der Waals surface area contributed by atoms with Gasteiger partial charge in [0.25, 0.3) is 0 Å². The maximum atomic E-state index is 5.84. The Morgan fingerprint density at radius 3 is 2.86 bits per heavy atom. The average molecular weight is 417 g/mol. The van der Waals surface area contributed by atoms with Crippen LogP contribution in [0.25, 0.3) is 11.0 Å². The molecule has 2 aromatic rings. The lowest BCUT2D eigenvalue weighted by Gasteiger charge is -2.05. The largest absolute Gasteiger partial charge is 0.459 e. The van der Waals surface area contributed by atoms with Gasteiger partial charge in [0, 0.05) is 30.7 Å². The number of hydrogen-bond donors (Lipinski definition) is 2. The van der Waals surface area contributed by atoms with Gasteiger partial charge >= 0.3 is 0 Å². The monoisotopic (exact) mass is 417 g/mol. The zero-order chi connectivity index (χ0) is 15.1. The van der Waals surface area contributed by atoms with Crippen molar-refractivity contribution in [2.24, 2.45) is 10.7 Å². The summed E-state index contributed by atoms with van der Waals surface area (Å²) in [5.41, 5.74) is 7.85. The van der Waals surface area contributed by atoms with Gasteiger partial charge in [0.15, 0.2) is 5.96 Å². The van der Waals surface area contributed by atoms with Crippen LogP contribution in [0.1, 0.15) is 24.7 Å². The molecule has 122 valence electrons. The van der Waals surface area contributed by atoms with E-state index in [0.717, 1.165) is 48.5 Å². The fourth-order valence-electron chi connectivity index (χ4n) is 2.12. The van der Waals surface area contributed by atoms with E-state index < -0.39 is 0 Å². The fraction of sp³-hybridized carbons (Fsp3) is 0.438. The van der Waals surface area contributed by atoms with Crippen LogP contribution in [0.15, 0.2) is 33.7 Å². The van der Waals surface area contributed by atoms with Gasteiger partial charge in [-0.15, -0.1) is 24.0 Å². The minimum Gasteiger partial charge on any atom is -0.459 e. The van der Waals surface area contributed by atoms with Crippen LogP contribution in [0.3, 0.4) is 0 Å². The summed E-state index contributed by atoms with van der Waals surface area (Å²) in [4.78, 5) is 4.32. The summed E-state index contributed by atoms with van der Waals surface area (Å²) in [6.45, 7) is 6.72. The number of para-hydroxylation sites is 1. The molecular formula is C16H24IN3O2. The van der Waals surface area contributed by atoms with Crippen molar-refractivity contribution in [3.8, 4) is 0 Å². The van der Waals surface area contributed by atoms with E-state index >= 15 is 0 Å². The average Bonchev–Trinajstić information content (AvgIpc) is 2.82. The number of halogens is 1. The van der Waals surface area contributed by atoms with Crippen LogP contribution < -0.4 is 11.1 Å². The molecule has 0 bridgehead atoms. The molecule has 0 saturated carbocycles. The number of nitrogens with zero attached hydrogens (tertiary/aromatic N) is 1. The van der Waals surface area contributed by atoms with Gasteiger partial charge in [0.1, 0.15) is 17.9 Å². The van der Waals surface area contributed by atoms with Crippen LogP contribution in [0.5, 0.6) is 0 Å². The molecule has 1 heterocycles. The summed E-state index contributed by atoms with van der Waals surface area (Å²) in [6.07, 6.45) is 0.910. The maximum absolute atomic E-state index is 5.84. The van der Waals surface area contributed by atoms with Crippen molar-refractivity contribution < 1.29 is 9.15 Å². The summed E-state index contributed by atoms with van der Waals surface area (Å²) < 4.78 is 11.1. The van der Waals surface area contributed by atoms with Gasteiger partial charge in [-0.2, -0.15) is 0 Å². The SMILES string of the molecule is CCOCCCNC(N)=NCc1oc2ccccc2c1C.I. The number of guanidine groups is 1. The van der Waals surface area contributed by atoms with Gasteiger partial charge in [-0.1, -0.05) is 18.2 Å². The highest BCUT2D eigenvalue weighted by molar-refractivity contribution is 14.0. The number of nitrogens with two attached hydrogens (primary N) is 1. The second kappa shape index (κ2) is 9.68. The van der Waals surface area contributed by atoms with Crippen LogP contribution in [-0.4, -0.2) is 25.7 Å². The second-order valence-electron chi connectivity index (χ2n) is 4.83. The van der Waals surface area contributed by atoms with Crippen LogP contribution in [-0.2, 0) is 11.3 Å². The molecule has 0 saturated heterocycles. The number of aryl methyl sites for hydroxylation is 1. The first-order valence-electron chi connectivity index (χ1n) is 7.31. The van der Waals surface area contributed by atoms with E-state index in [1.54, 1.807) is 0 Å². The third kappa shape index (κ3) is 5.17. The van der Waals surface area contributed by atoms with Gasteiger partial charge in [-0.25, -0.2) is 4.99 Å². The van der Waals surface area contributed by atoms with Crippen molar-refractivity contribution >= 4 is 40.9 Å². The first kappa shape index (κ1) is 18.8. The molecule has 3 N–H and O–H groups in total. The molecule has 6 heteroatoms. The van der Waals surface area contributed by atoms with Crippen molar-refractivity contribution in [3.05, 3.63) is 35.6 Å². The third-order valence-electron chi connectivity index (χ3n) is 3.31. The standard InChI is InChI=1S/C16H23N3O2.HI/c1-3-20-10-6-9-18-16(17)19-11-15-12(2)13-7-4-5-8-14(13)21-15;/h4-5,7-8H,3,6,9-11H2,1-2H3,(H3,17,18,19);1H. The molecule has 0 fully saturated rings. The number of rotatable bonds is 7. The molecule has 1 aromatic heterocycles. The number of hydrogen-bond acceptors (Lipinski definition) is 3. The molecule has 0 aliphatic rings. The van der Waals surface area contributed by atoms with Crippen LogP contribution in [0.2, 0.25) is 0 Å². The van der Waals surface area contributed by atoms with Crippen molar-refractivity contribution in [1.29, 1.82) is 0 Å². The Bertz CT molecular complexity index is 610. The maximum Gasteiger partial charge on any atom is 0.189 e. The zero-order valence-electron chi connectivity index (χ0n) is 13.1. The predicted octanol–water partition coefficient (Wildman–Crippen LogP) is 3.19. The van der Waals surface area contributed by atoms with E-state index in [1.165, 1.54) is 0 Å². The van der Waals surface area contributed by atoms with E-state index in [0.29, 0.717) is 12.5 Å². The first-order chi connectivity index (χ1) is 10.2. The topological polar surface area (TPSA) is 72.8 Å². The molecule has 0 aliphatic carbocycles. The minimum absolute atomic E-state index is 0. The number of ether oxygens (including phenoxy) is 1. The zero-order valence-corrected chi connectivity index (χ0v) is 15.4. The Morgan fingerprint density at radius 1 is 1.36 bits per heavy atom. The van der Waals surface area contributed by atoms with E-state index in [9.17, 15) is 0 Å². The summed E-state index contributed by atoms with van der Waals surface area (Å²) in [6, 6.07) is 7.99. The lowest BCUT2D eigenvalue weighted by atomic mass is 10.1. The number of benzene rings is 1. The third-order valence-corrected chi connectivity index (χ3v) is 3.31. The van der Waals surface area contributed by atoms with Crippen molar-refractivity contribution in [1.82, 2.24) is 5.32 Å². The van der Waals surface area contributed by atoms with Crippen molar-refractivity contribution in [3.63, 3.8) is 0 Å². The molecular weight excluding hydrogens is 393 g/mol. The van der Waals surface area contributed by atoms with Crippen LogP contribution in [0.4, 0.5) is 0 Å². The fourth-order valence-corrected chi connectivity index (χ4v) is 2.12. The molecule has 1 aromatic carbocycles. The summed E-state index contributed by atoms with van der Waals surface area (Å²) in [7, 11) is 0. The van der Waals surface area contributed by atoms with E-state index in [-0.39, 0.29) is 24.0 Å². The molecule has 0 aliphatic heterocycles. The molecule has 0 radical (unpaired) electrons. The summed E-state index contributed by atoms with van der Waals surface area (Å²) >= 11 is 0. The Hall–Kier alpha value is -1.28. The normalized spacial score (nSPS) is 11.5. The molecule has 0 atom stereocenters. The minimum atomic E-state index is 0. The van der Waals surface area contributed by atoms with E-state index in [1.807, 2.05) is 32.0 Å². The van der Waals surface area contributed by atoms with Crippen molar-refractivity contribution in [2.75, 3.05) is 19.8 Å². The van der Waals surface area contributed by atoms with Crippen LogP contribution >= 0.6 is 24.0 Å². The van der Waals surface area contributed by atoms with Crippen LogP contribution in [0, 0.1) is 6.92 Å². The van der Waals surface area contributed by atoms with Crippen molar-refractivity contribution in [2.45, 2.75) is 26.8 Å². The lowest BCUT2D eigenvalue weighted by molar-refractivity contribution is 0.145. The number of nitrogens with one attached hydrogen (secondary N) is 1. The number of fused-ring (bicyclic) bond motifs is 1. The molecule has 5 nitrogen and oxygen atoms in total. The Labute approximate surface area is 148 Å². The summed E-state index contributed by atoms with van der Waals surface area (Å²) in [5.74, 6) is 1.29. The molecule has 0 unspecified atom stereocenters. The second-order valence-corrected chi connectivity index (χ2v) is 4.83. The van der Waals surface area contributed by atoms with Gasteiger partial charge in [0.05, 0.1) is 0 Å². The summed E-state index contributed by atoms with van der Waals surface area (Å²) in [5, 5.41) is 4.20. The molecule has 2 rings (SSSR count). The van der Waals surface area contributed by atoms with Gasteiger partial charge in [-0.05, 0) is 26.3 Å². The lowest BCUT2D eigenvalue weighted by Crippen LogP contribution is -2.32. The Kier molecular flexibility index (Phi) is 8.26. The first-order valence-corrected chi connectivity index (χ1v) is 7.31. The Morgan fingerprint density at radius 2 is 2.14 bits per heavy atom. The van der Waals surface area contributed by atoms with Gasteiger partial charge in [-0.3, -0.25) is 0 Å². The number of aliphatic imine (C=N–C) groups is 1. The van der Waals surface area contributed by atoms with Gasteiger partial charge in [0.2, 0.25) is 0 Å². The highest BCUT2D eigenvalue weighted by atomic mass is 127. The van der Waals surface area contributed by atoms with Gasteiger partial charge < -0.3 is 20.2 Å². The number of furan rings is 1. The van der Waals surface area contributed by atoms with E-state index in [2.05, 4.69) is 16.4 Å². The molecule has 0 amide bonds. The molecule has 0 spiro atoms. The highest BCUT2D eigenvalue weighted by Gasteiger charge is 2.08. The van der Waals surface area contributed by atoms with E-state index in [4.69, 9.17) is 14.9 Å². The molecule has 22 heavy (non-hydrogen) atoms. The Balaban J connectivity index is 0.00000242.